The quantitative estimate of drug-likeness (QED) is 0.161. The number of ether oxygens (including phenoxy) is 3. The molecule has 0 atom stereocenters. The van der Waals surface area contributed by atoms with Crippen molar-refractivity contribution in [3.05, 3.63) is 69.8 Å². The summed E-state index contributed by atoms with van der Waals surface area (Å²) < 4.78 is 15.1. The first kappa shape index (κ1) is 21.6. The summed E-state index contributed by atoms with van der Waals surface area (Å²) >= 11 is 4.84. The van der Waals surface area contributed by atoms with Crippen LogP contribution < -0.4 is 15.2 Å². The van der Waals surface area contributed by atoms with Crippen LogP contribution in [0, 0.1) is 10.1 Å². The maximum absolute atomic E-state index is 12.2. The van der Waals surface area contributed by atoms with E-state index in [9.17, 15) is 19.7 Å². The molecule has 0 aliphatic rings. The van der Waals surface area contributed by atoms with Crippen LogP contribution in [0.5, 0.6) is 11.5 Å². The zero-order valence-electron chi connectivity index (χ0n) is 14.9. The van der Waals surface area contributed by atoms with Crippen LogP contribution in [0.2, 0.25) is 0 Å². The van der Waals surface area contributed by atoms with Crippen molar-refractivity contribution < 1.29 is 33.7 Å². The highest BCUT2D eigenvalue weighted by Gasteiger charge is 2.17. The van der Waals surface area contributed by atoms with Crippen LogP contribution in [0.25, 0.3) is 0 Å². The molecule has 2 rings (SSSR count). The third kappa shape index (κ3) is 7.07. The molecule has 0 aliphatic heterocycles. The molecule has 0 aromatic heterocycles. The molecule has 10 nitrogen and oxygen atoms in total. The summed E-state index contributed by atoms with van der Waals surface area (Å²) in [7, 11) is 0. The van der Waals surface area contributed by atoms with Crippen LogP contribution in [0.15, 0.2) is 48.5 Å². The Morgan fingerprint density at radius 2 is 1.72 bits per heavy atom. The number of esters is 1. The number of nitrogens with zero attached hydrogens (tertiary/aromatic N) is 1. The first-order valence-electron chi connectivity index (χ1n) is 8.20. The van der Waals surface area contributed by atoms with E-state index in [0.29, 0.717) is 5.56 Å². The number of carbonyl (C=O) groups is 2. The minimum absolute atomic E-state index is 0.0107. The number of para-hydroxylation sites is 1. The standard InChI is InChI=1S/C18H16N2O8S/c19-16(29)12-6-8-13(9-7-12)27-18(22)28-15-5-2-1-4-14(15)17(21)25-10-3-11-26-20(23)24/h1-2,4-9H,3,10-11H2,(H2,19,29). The first-order valence-corrected chi connectivity index (χ1v) is 8.60. The molecule has 0 saturated carbocycles. The van der Waals surface area contributed by atoms with Gasteiger partial charge in [-0.1, -0.05) is 24.4 Å². The van der Waals surface area contributed by atoms with E-state index in [1.807, 2.05) is 0 Å². The number of thiocarbonyl (C=S) groups is 1. The minimum atomic E-state index is -1.06. The summed E-state index contributed by atoms with van der Waals surface area (Å²) in [4.78, 5) is 38.5. The molecule has 0 saturated heterocycles. The second-order valence-corrected chi connectivity index (χ2v) is 5.83. The van der Waals surface area contributed by atoms with Crippen molar-refractivity contribution in [1.29, 1.82) is 0 Å². The molecule has 2 N–H and O–H groups in total. The van der Waals surface area contributed by atoms with Gasteiger partial charge in [-0.2, -0.15) is 0 Å². The summed E-state index contributed by atoms with van der Waals surface area (Å²) in [6, 6.07) is 12.0. The molecule has 0 unspecified atom stereocenters. The maximum Gasteiger partial charge on any atom is 0.519 e. The van der Waals surface area contributed by atoms with Gasteiger partial charge in [0, 0.05) is 12.0 Å². The normalized spacial score (nSPS) is 9.93. The van der Waals surface area contributed by atoms with Gasteiger partial charge in [0.25, 0.3) is 5.09 Å². The Bertz CT molecular complexity index is 901. The Labute approximate surface area is 170 Å². The van der Waals surface area contributed by atoms with Gasteiger partial charge in [-0.15, -0.1) is 10.1 Å². The number of carbonyl (C=O) groups excluding carboxylic acids is 2. The molecule has 0 radical (unpaired) electrons. The second kappa shape index (κ2) is 10.6. The van der Waals surface area contributed by atoms with Gasteiger partial charge in [-0.3, -0.25) is 0 Å². The van der Waals surface area contributed by atoms with Crippen molar-refractivity contribution in [1.82, 2.24) is 0 Å². The molecule has 0 heterocycles. The zero-order valence-corrected chi connectivity index (χ0v) is 15.8. The van der Waals surface area contributed by atoms with Gasteiger partial charge in [-0.05, 0) is 36.4 Å². The van der Waals surface area contributed by atoms with Crippen LogP contribution in [0.1, 0.15) is 22.3 Å². The van der Waals surface area contributed by atoms with Crippen molar-refractivity contribution in [3.63, 3.8) is 0 Å². The fourth-order valence-electron chi connectivity index (χ4n) is 2.06. The lowest BCUT2D eigenvalue weighted by atomic mass is 10.2. The van der Waals surface area contributed by atoms with Crippen molar-refractivity contribution in [2.45, 2.75) is 6.42 Å². The van der Waals surface area contributed by atoms with E-state index >= 15 is 0 Å². The number of nitrogens with two attached hydrogens (primary N) is 1. The predicted molar refractivity (Wildman–Crippen MR) is 103 cm³/mol. The molecule has 11 heteroatoms. The van der Waals surface area contributed by atoms with E-state index in [1.54, 1.807) is 24.3 Å². The number of rotatable bonds is 9. The van der Waals surface area contributed by atoms with Crippen LogP contribution in [-0.4, -0.2) is 35.4 Å². The fourth-order valence-corrected chi connectivity index (χ4v) is 2.20. The van der Waals surface area contributed by atoms with Gasteiger partial charge in [0.2, 0.25) is 0 Å². The third-order valence-electron chi connectivity index (χ3n) is 3.36. The van der Waals surface area contributed by atoms with Crippen LogP contribution in [0.4, 0.5) is 4.79 Å². The highest BCUT2D eigenvalue weighted by Crippen LogP contribution is 2.21. The molecule has 0 bridgehead atoms. The lowest BCUT2D eigenvalue weighted by molar-refractivity contribution is -0.757. The minimum Gasteiger partial charge on any atom is -0.462 e. The summed E-state index contributed by atoms with van der Waals surface area (Å²) in [5.41, 5.74) is 6.09. The molecule has 2 aromatic carbocycles. The van der Waals surface area contributed by atoms with E-state index in [1.165, 1.54) is 24.3 Å². The largest absolute Gasteiger partial charge is 0.519 e. The Hall–Kier alpha value is -3.73. The van der Waals surface area contributed by atoms with Gasteiger partial charge < -0.3 is 24.8 Å². The predicted octanol–water partition coefficient (Wildman–Crippen LogP) is 2.65. The topological polar surface area (TPSA) is 140 Å². The van der Waals surface area contributed by atoms with Gasteiger partial charge in [0.05, 0.1) is 13.2 Å². The van der Waals surface area contributed by atoms with Crippen molar-refractivity contribution in [2.24, 2.45) is 5.73 Å². The number of hydrogen-bond donors (Lipinski definition) is 1. The summed E-state index contributed by atoms with van der Waals surface area (Å²) in [5, 5.41) is 9.11. The second-order valence-electron chi connectivity index (χ2n) is 5.39. The maximum atomic E-state index is 12.2. The number of hydrogen-bond acceptors (Lipinski definition) is 9. The average Bonchev–Trinajstić information content (AvgIpc) is 2.68. The smallest absolute Gasteiger partial charge is 0.462 e. The van der Waals surface area contributed by atoms with Gasteiger partial charge in [-0.25, -0.2) is 9.59 Å². The monoisotopic (exact) mass is 420 g/mol. The van der Waals surface area contributed by atoms with Gasteiger partial charge >= 0.3 is 12.1 Å². The highest BCUT2D eigenvalue weighted by atomic mass is 32.1. The molecular weight excluding hydrogens is 404 g/mol. The zero-order chi connectivity index (χ0) is 21.2. The molecule has 0 fully saturated rings. The fraction of sp³-hybridized carbons (Fsp3) is 0.167. The van der Waals surface area contributed by atoms with E-state index in [2.05, 4.69) is 4.84 Å². The van der Waals surface area contributed by atoms with Gasteiger partial charge in [0.1, 0.15) is 22.1 Å². The Morgan fingerprint density at radius 3 is 2.38 bits per heavy atom. The Kier molecular flexibility index (Phi) is 7.86. The lowest BCUT2D eigenvalue weighted by Crippen LogP contribution is -2.17. The SMILES string of the molecule is NC(=S)c1ccc(OC(=O)Oc2ccccc2C(=O)OCCCO[N+](=O)[O-])cc1. The summed E-state index contributed by atoms with van der Waals surface area (Å²) in [6.07, 6.45) is -0.937. The molecule has 152 valence electrons. The van der Waals surface area contributed by atoms with Crippen molar-refractivity contribution in [2.75, 3.05) is 13.2 Å². The first-order chi connectivity index (χ1) is 13.9. The Morgan fingerprint density at radius 1 is 1.03 bits per heavy atom. The molecular formula is C18H16N2O8S. The molecule has 2 aromatic rings. The summed E-state index contributed by atoms with van der Waals surface area (Å²) in [5.74, 6) is -0.639. The number of benzene rings is 2. The summed E-state index contributed by atoms with van der Waals surface area (Å²) in [6.45, 7) is -0.320. The average molecular weight is 420 g/mol. The highest BCUT2D eigenvalue weighted by molar-refractivity contribution is 7.80. The molecule has 0 spiro atoms. The lowest BCUT2D eigenvalue weighted by Gasteiger charge is -2.10. The van der Waals surface area contributed by atoms with E-state index < -0.39 is 17.2 Å². The van der Waals surface area contributed by atoms with Crippen molar-refractivity contribution >= 4 is 29.3 Å². The molecule has 0 aliphatic carbocycles. The third-order valence-corrected chi connectivity index (χ3v) is 3.59. The van der Waals surface area contributed by atoms with E-state index in [-0.39, 0.29) is 41.7 Å². The van der Waals surface area contributed by atoms with E-state index in [4.69, 9.17) is 32.2 Å². The van der Waals surface area contributed by atoms with Crippen LogP contribution in [0.3, 0.4) is 0 Å². The van der Waals surface area contributed by atoms with Crippen molar-refractivity contribution in [3.8, 4) is 11.5 Å². The van der Waals surface area contributed by atoms with Crippen LogP contribution in [-0.2, 0) is 9.57 Å². The van der Waals surface area contributed by atoms with Gasteiger partial charge in [0.15, 0.2) is 0 Å². The molecule has 0 amide bonds. The van der Waals surface area contributed by atoms with Crippen LogP contribution >= 0.6 is 12.2 Å². The Balaban J connectivity index is 1.93. The van der Waals surface area contributed by atoms with E-state index in [0.717, 1.165) is 0 Å². The molecule has 29 heavy (non-hydrogen) atoms.